The number of allylic oxidation sites excluding steroid dienone is 2. The number of carbonyl (C=O) groups excluding carboxylic acids is 3. The molecule has 0 aliphatic heterocycles. The second-order valence-corrected chi connectivity index (χ2v) is 16.7. The molecule has 1 atom stereocenters. The van der Waals surface area contributed by atoms with Gasteiger partial charge in [0.2, 0.25) is 0 Å². The van der Waals surface area contributed by atoms with Gasteiger partial charge in [-0.3, -0.25) is 14.4 Å². The Bertz CT molecular complexity index is 870. The minimum absolute atomic E-state index is 0.0687. The fourth-order valence-corrected chi connectivity index (χ4v) is 7.25. The van der Waals surface area contributed by atoms with Crippen molar-refractivity contribution < 1.29 is 28.6 Å². The lowest BCUT2D eigenvalue weighted by atomic mass is 10.0. The van der Waals surface area contributed by atoms with Gasteiger partial charge in [-0.15, -0.1) is 0 Å². The number of unbranched alkanes of at least 4 members (excludes halogenated alkanes) is 32. The molecule has 0 aromatic carbocycles. The fourth-order valence-electron chi connectivity index (χ4n) is 7.25. The van der Waals surface area contributed by atoms with Crippen LogP contribution in [0.3, 0.4) is 0 Å². The highest BCUT2D eigenvalue weighted by Gasteiger charge is 2.19. The molecule has 0 spiro atoms. The topological polar surface area (TPSA) is 78.9 Å². The van der Waals surface area contributed by atoms with Crippen LogP contribution in [0, 0.1) is 0 Å². The van der Waals surface area contributed by atoms with Crippen LogP contribution in [0.1, 0.15) is 271 Å². The van der Waals surface area contributed by atoms with E-state index in [2.05, 4.69) is 32.9 Å². The van der Waals surface area contributed by atoms with E-state index < -0.39 is 6.10 Å². The molecule has 6 nitrogen and oxygen atoms in total. The summed E-state index contributed by atoms with van der Waals surface area (Å²) < 4.78 is 16.7. The van der Waals surface area contributed by atoms with Crippen LogP contribution in [0.2, 0.25) is 0 Å². The summed E-state index contributed by atoms with van der Waals surface area (Å²) in [5.41, 5.74) is 0. The lowest BCUT2D eigenvalue weighted by Gasteiger charge is -2.18. The van der Waals surface area contributed by atoms with Crippen LogP contribution in [0.5, 0.6) is 0 Å². The third kappa shape index (κ3) is 43.3. The van der Waals surface area contributed by atoms with Gasteiger partial charge in [0.05, 0.1) is 0 Å². The zero-order valence-corrected chi connectivity index (χ0v) is 37.7. The standard InChI is InChI=1S/C50H94O6/c1-4-7-10-13-16-19-21-22-23-24-25-26-27-29-31-34-37-40-43-49(52)55-46-47(45-54-48(51)42-39-36-33-30-18-15-12-9-6-3)56-50(53)44-41-38-35-32-28-20-17-14-11-8-5-2/h14,17,47H,4-13,15-16,18-46H2,1-3H3/b17-14-/t47-/m1/s1. The van der Waals surface area contributed by atoms with E-state index in [1.54, 1.807) is 0 Å². The maximum absolute atomic E-state index is 12.7. The number of hydrogen-bond acceptors (Lipinski definition) is 6. The minimum atomic E-state index is -0.765. The zero-order chi connectivity index (χ0) is 40.8. The van der Waals surface area contributed by atoms with Crippen molar-refractivity contribution in [2.24, 2.45) is 0 Å². The zero-order valence-electron chi connectivity index (χ0n) is 37.7. The molecule has 56 heavy (non-hydrogen) atoms. The average molecular weight is 791 g/mol. The van der Waals surface area contributed by atoms with Gasteiger partial charge in [-0.25, -0.2) is 0 Å². The van der Waals surface area contributed by atoms with Crippen molar-refractivity contribution in [1.29, 1.82) is 0 Å². The molecule has 0 aliphatic carbocycles. The number of hydrogen-bond donors (Lipinski definition) is 0. The van der Waals surface area contributed by atoms with Gasteiger partial charge < -0.3 is 14.2 Å². The second kappa shape index (κ2) is 45.8. The maximum atomic E-state index is 12.7. The Hall–Kier alpha value is -1.85. The van der Waals surface area contributed by atoms with Gasteiger partial charge >= 0.3 is 17.9 Å². The molecule has 0 fully saturated rings. The summed E-state index contributed by atoms with van der Waals surface area (Å²) in [7, 11) is 0. The highest BCUT2D eigenvalue weighted by Crippen LogP contribution is 2.16. The lowest BCUT2D eigenvalue weighted by molar-refractivity contribution is -0.167. The van der Waals surface area contributed by atoms with E-state index in [4.69, 9.17) is 14.2 Å². The first-order valence-electron chi connectivity index (χ1n) is 24.7. The maximum Gasteiger partial charge on any atom is 0.306 e. The Morgan fingerprint density at radius 3 is 0.946 bits per heavy atom. The SMILES string of the molecule is CCCC/C=C\CCCCCCCC(=O)O[C@H](COC(=O)CCCCCCCCCCC)COC(=O)CCCCCCCCCCCCCCCCCCCC. The van der Waals surface area contributed by atoms with Gasteiger partial charge in [0, 0.05) is 19.3 Å². The van der Waals surface area contributed by atoms with Crippen molar-refractivity contribution in [2.75, 3.05) is 13.2 Å². The van der Waals surface area contributed by atoms with Gasteiger partial charge in [-0.05, 0) is 38.5 Å². The number of carbonyl (C=O) groups is 3. The van der Waals surface area contributed by atoms with Crippen LogP contribution in [0.25, 0.3) is 0 Å². The molecule has 0 heterocycles. The van der Waals surface area contributed by atoms with Crippen LogP contribution in [0.4, 0.5) is 0 Å². The van der Waals surface area contributed by atoms with E-state index in [1.165, 1.54) is 167 Å². The summed E-state index contributed by atoms with van der Waals surface area (Å²) in [6, 6.07) is 0. The molecule has 0 bridgehead atoms. The molecule has 0 unspecified atom stereocenters. The van der Waals surface area contributed by atoms with Gasteiger partial charge in [0.25, 0.3) is 0 Å². The monoisotopic (exact) mass is 791 g/mol. The van der Waals surface area contributed by atoms with Crippen LogP contribution in [0.15, 0.2) is 12.2 Å². The predicted molar refractivity (Wildman–Crippen MR) is 238 cm³/mol. The van der Waals surface area contributed by atoms with Gasteiger partial charge in [-0.1, -0.05) is 226 Å². The van der Waals surface area contributed by atoms with E-state index in [9.17, 15) is 14.4 Å². The highest BCUT2D eigenvalue weighted by atomic mass is 16.6. The molecule has 6 heteroatoms. The first-order chi connectivity index (χ1) is 27.5. The van der Waals surface area contributed by atoms with E-state index in [1.807, 2.05) is 0 Å². The molecule has 330 valence electrons. The van der Waals surface area contributed by atoms with Crippen LogP contribution in [-0.4, -0.2) is 37.2 Å². The minimum Gasteiger partial charge on any atom is -0.462 e. The Morgan fingerprint density at radius 1 is 0.339 bits per heavy atom. The average Bonchev–Trinajstić information content (AvgIpc) is 3.19. The van der Waals surface area contributed by atoms with Crippen molar-refractivity contribution in [3.8, 4) is 0 Å². The van der Waals surface area contributed by atoms with Gasteiger partial charge in [0.15, 0.2) is 6.10 Å². The summed E-state index contributed by atoms with van der Waals surface area (Å²) in [4.78, 5) is 37.7. The number of ether oxygens (including phenoxy) is 3. The fraction of sp³-hybridized carbons (Fsp3) is 0.900. The van der Waals surface area contributed by atoms with Crippen molar-refractivity contribution >= 4 is 17.9 Å². The second-order valence-electron chi connectivity index (χ2n) is 16.7. The lowest BCUT2D eigenvalue weighted by Crippen LogP contribution is -2.30. The third-order valence-corrected chi connectivity index (χ3v) is 11.0. The number of rotatable bonds is 45. The molecule has 0 aromatic rings. The Kier molecular flexibility index (Phi) is 44.3. The Labute approximate surface area is 348 Å². The van der Waals surface area contributed by atoms with E-state index >= 15 is 0 Å². The van der Waals surface area contributed by atoms with Crippen molar-refractivity contribution in [1.82, 2.24) is 0 Å². The summed E-state index contributed by atoms with van der Waals surface area (Å²) >= 11 is 0. The van der Waals surface area contributed by atoms with E-state index in [0.717, 1.165) is 64.2 Å². The Morgan fingerprint density at radius 2 is 0.607 bits per heavy atom. The summed E-state index contributed by atoms with van der Waals surface area (Å²) in [6.45, 7) is 6.60. The molecule has 0 aromatic heterocycles. The smallest absolute Gasteiger partial charge is 0.306 e. The van der Waals surface area contributed by atoms with Crippen molar-refractivity contribution in [3.05, 3.63) is 12.2 Å². The van der Waals surface area contributed by atoms with Crippen LogP contribution < -0.4 is 0 Å². The molecule has 0 saturated carbocycles. The first-order valence-corrected chi connectivity index (χ1v) is 24.7. The van der Waals surface area contributed by atoms with Crippen LogP contribution in [-0.2, 0) is 28.6 Å². The van der Waals surface area contributed by atoms with Crippen molar-refractivity contribution in [2.45, 2.75) is 277 Å². The highest BCUT2D eigenvalue weighted by molar-refractivity contribution is 5.71. The van der Waals surface area contributed by atoms with Gasteiger partial charge in [0.1, 0.15) is 13.2 Å². The van der Waals surface area contributed by atoms with E-state index in [-0.39, 0.29) is 31.1 Å². The van der Waals surface area contributed by atoms with Gasteiger partial charge in [-0.2, -0.15) is 0 Å². The normalized spacial score (nSPS) is 12.0. The molecular formula is C50H94O6. The molecule has 0 amide bonds. The predicted octanol–water partition coefficient (Wildman–Crippen LogP) is 15.8. The summed E-state index contributed by atoms with van der Waals surface area (Å²) in [6.07, 6.45) is 49.2. The Balaban J connectivity index is 4.23. The molecule has 0 rings (SSSR count). The van der Waals surface area contributed by atoms with Crippen LogP contribution >= 0.6 is 0 Å². The van der Waals surface area contributed by atoms with Crippen molar-refractivity contribution in [3.63, 3.8) is 0 Å². The summed E-state index contributed by atoms with van der Waals surface area (Å²) in [5, 5.41) is 0. The number of esters is 3. The third-order valence-electron chi connectivity index (χ3n) is 11.0. The molecule has 0 saturated heterocycles. The quantitative estimate of drug-likeness (QED) is 0.0264. The first kappa shape index (κ1) is 54.2. The molecule has 0 N–H and O–H groups in total. The largest absolute Gasteiger partial charge is 0.462 e. The molecule has 0 aliphatic rings. The molecule has 0 radical (unpaired) electrons. The summed E-state index contributed by atoms with van der Waals surface area (Å²) in [5.74, 6) is -0.869. The molecular weight excluding hydrogens is 697 g/mol. The van der Waals surface area contributed by atoms with E-state index in [0.29, 0.717) is 19.3 Å².